The Morgan fingerprint density at radius 3 is 2.84 bits per heavy atom. The SMILES string of the molecule is CCN(Cc1ccc(OC)c(C)c1)C1CCCNC1. The summed E-state index contributed by atoms with van der Waals surface area (Å²) in [6, 6.07) is 7.20. The van der Waals surface area contributed by atoms with Gasteiger partial charge in [-0.05, 0) is 50.0 Å². The van der Waals surface area contributed by atoms with Gasteiger partial charge in [0.05, 0.1) is 7.11 Å². The van der Waals surface area contributed by atoms with Crippen molar-refractivity contribution in [2.75, 3.05) is 26.7 Å². The van der Waals surface area contributed by atoms with Crippen molar-refractivity contribution in [3.63, 3.8) is 0 Å². The number of benzene rings is 1. The molecule has 19 heavy (non-hydrogen) atoms. The highest BCUT2D eigenvalue weighted by Gasteiger charge is 2.19. The Morgan fingerprint density at radius 1 is 1.42 bits per heavy atom. The first-order valence-corrected chi connectivity index (χ1v) is 7.33. The molecule has 0 radical (unpaired) electrons. The van der Waals surface area contributed by atoms with Crippen molar-refractivity contribution in [3.05, 3.63) is 29.3 Å². The van der Waals surface area contributed by atoms with Gasteiger partial charge in [-0.1, -0.05) is 19.1 Å². The van der Waals surface area contributed by atoms with Gasteiger partial charge < -0.3 is 10.1 Å². The van der Waals surface area contributed by atoms with Gasteiger partial charge in [-0.3, -0.25) is 4.90 Å². The van der Waals surface area contributed by atoms with Crippen LogP contribution in [0.1, 0.15) is 30.9 Å². The lowest BCUT2D eigenvalue weighted by Crippen LogP contribution is -2.45. The lowest BCUT2D eigenvalue weighted by atomic mass is 10.0. The van der Waals surface area contributed by atoms with E-state index < -0.39 is 0 Å². The first-order chi connectivity index (χ1) is 9.24. The molecule has 1 aliphatic heterocycles. The highest BCUT2D eigenvalue weighted by atomic mass is 16.5. The number of ether oxygens (including phenoxy) is 1. The first kappa shape index (κ1) is 14.4. The van der Waals surface area contributed by atoms with E-state index in [1.807, 2.05) is 0 Å². The Labute approximate surface area is 116 Å². The number of nitrogens with one attached hydrogen (secondary N) is 1. The molecule has 3 heteroatoms. The number of piperidine rings is 1. The van der Waals surface area contributed by atoms with Crippen LogP contribution in [0.15, 0.2) is 18.2 Å². The van der Waals surface area contributed by atoms with Crippen molar-refractivity contribution in [1.82, 2.24) is 10.2 Å². The van der Waals surface area contributed by atoms with Crippen LogP contribution in [-0.4, -0.2) is 37.7 Å². The Balaban J connectivity index is 2.03. The molecule has 1 atom stereocenters. The van der Waals surface area contributed by atoms with E-state index in [2.05, 4.69) is 42.3 Å². The van der Waals surface area contributed by atoms with Gasteiger partial charge in [-0.2, -0.15) is 0 Å². The summed E-state index contributed by atoms with van der Waals surface area (Å²) in [7, 11) is 1.73. The second-order valence-electron chi connectivity index (χ2n) is 5.37. The van der Waals surface area contributed by atoms with Gasteiger partial charge in [0.25, 0.3) is 0 Å². The summed E-state index contributed by atoms with van der Waals surface area (Å²) < 4.78 is 5.32. The molecule has 0 saturated carbocycles. The molecule has 1 aliphatic rings. The van der Waals surface area contributed by atoms with Crippen LogP contribution in [0, 0.1) is 6.92 Å². The third kappa shape index (κ3) is 3.71. The van der Waals surface area contributed by atoms with Crippen molar-refractivity contribution in [2.45, 2.75) is 39.3 Å². The maximum atomic E-state index is 5.32. The summed E-state index contributed by atoms with van der Waals surface area (Å²) in [5, 5.41) is 3.50. The monoisotopic (exact) mass is 262 g/mol. The molecule has 1 aromatic carbocycles. The van der Waals surface area contributed by atoms with E-state index in [1.54, 1.807) is 7.11 Å². The van der Waals surface area contributed by atoms with Crippen LogP contribution in [0.4, 0.5) is 0 Å². The number of rotatable bonds is 5. The molecule has 0 bridgehead atoms. The van der Waals surface area contributed by atoms with Crippen molar-refractivity contribution in [2.24, 2.45) is 0 Å². The molecular formula is C16H26N2O. The fourth-order valence-electron chi connectivity index (χ4n) is 2.92. The summed E-state index contributed by atoms with van der Waals surface area (Å²) in [6.45, 7) is 8.82. The van der Waals surface area contributed by atoms with Gasteiger partial charge in [0.2, 0.25) is 0 Å². The van der Waals surface area contributed by atoms with E-state index in [0.29, 0.717) is 6.04 Å². The molecule has 0 aliphatic carbocycles. The van der Waals surface area contributed by atoms with Crippen LogP contribution in [0.25, 0.3) is 0 Å². The predicted octanol–water partition coefficient (Wildman–Crippen LogP) is 2.58. The predicted molar refractivity (Wildman–Crippen MR) is 79.7 cm³/mol. The van der Waals surface area contributed by atoms with E-state index >= 15 is 0 Å². The van der Waals surface area contributed by atoms with Gasteiger partial charge >= 0.3 is 0 Å². The average molecular weight is 262 g/mol. The van der Waals surface area contributed by atoms with E-state index in [4.69, 9.17) is 4.74 Å². The molecule has 106 valence electrons. The Bertz CT molecular complexity index is 400. The standard InChI is InChI=1S/C16H26N2O/c1-4-18(15-6-5-9-17-11-15)12-14-7-8-16(19-3)13(2)10-14/h7-8,10,15,17H,4-6,9,11-12H2,1-3H3. The number of hydrogen-bond acceptors (Lipinski definition) is 3. The maximum Gasteiger partial charge on any atom is 0.121 e. The van der Waals surface area contributed by atoms with Gasteiger partial charge in [0.1, 0.15) is 5.75 Å². The molecule has 3 nitrogen and oxygen atoms in total. The zero-order valence-electron chi connectivity index (χ0n) is 12.4. The fourth-order valence-corrected chi connectivity index (χ4v) is 2.92. The van der Waals surface area contributed by atoms with Crippen molar-refractivity contribution in [3.8, 4) is 5.75 Å². The van der Waals surface area contributed by atoms with E-state index in [9.17, 15) is 0 Å². The molecule has 1 fully saturated rings. The van der Waals surface area contributed by atoms with Gasteiger partial charge in [-0.25, -0.2) is 0 Å². The van der Waals surface area contributed by atoms with Crippen molar-refractivity contribution >= 4 is 0 Å². The molecule has 0 spiro atoms. The summed E-state index contributed by atoms with van der Waals surface area (Å²) in [5.74, 6) is 0.978. The van der Waals surface area contributed by atoms with E-state index in [-0.39, 0.29) is 0 Å². The van der Waals surface area contributed by atoms with Gasteiger partial charge in [0, 0.05) is 19.1 Å². The van der Waals surface area contributed by atoms with Crippen LogP contribution in [-0.2, 0) is 6.54 Å². The fraction of sp³-hybridized carbons (Fsp3) is 0.625. The molecular weight excluding hydrogens is 236 g/mol. The summed E-state index contributed by atoms with van der Waals surface area (Å²) >= 11 is 0. The topological polar surface area (TPSA) is 24.5 Å². The molecule has 1 unspecified atom stereocenters. The largest absolute Gasteiger partial charge is 0.496 e. The normalized spacial score (nSPS) is 19.7. The second kappa shape index (κ2) is 6.92. The lowest BCUT2D eigenvalue weighted by Gasteiger charge is -2.34. The highest BCUT2D eigenvalue weighted by molar-refractivity contribution is 5.36. The minimum atomic E-state index is 0.682. The number of methoxy groups -OCH3 is 1. The number of likely N-dealkylation sites (N-methyl/N-ethyl adjacent to an activating group) is 1. The summed E-state index contributed by atoms with van der Waals surface area (Å²) in [5.41, 5.74) is 2.60. The molecule has 1 N–H and O–H groups in total. The van der Waals surface area contributed by atoms with Crippen LogP contribution in [0.2, 0.25) is 0 Å². The van der Waals surface area contributed by atoms with Crippen LogP contribution < -0.4 is 10.1 Å². The third-order valence-electron chi connectivity index (χ3n) is 4.04. The van der Waals surface area contributed by atoms with Gasteiger partial charge in [-0.15, -0.1) is 0 Å². The zero-order chi connectivity index (χ0) is 13.7. The molecule has 1 heterocycles. The number of nitrogens with zero attached hydrogens (tertiary/aromatic N) is 1. The van der Waals surface area contributed by atoms with E-state index in [0.717, 1.165) is 25.4 Å². The van der Waals surface area contributed by atoms with Gasteiger partial charge in [0.15, 0.2) is 0 Å². The number of hydrogen-bond donors (Lipinski definition) is 1. The molecule has 0 aromatic heterocycles. The molecule has 2 rings (SSSR count). The Morgan fingerprint density at radius 2 is 2.26 bits per heavy atom. The molecule has 0 amide bonds. The average Bonchev–Trinajstić information content (AvgIpc) is 2.46. The highest BCUT2D eigenvalue weighted by Crippen LogP contribution is 2.21. The lowest BCUT2D eigenvalue weighted by molar-refractivity contribution is 0.166. The van der Waals surface area contributed by atoms with Crippen LogP contribution in [0.5, 0.6) is 5.75 Å². The minimum Gasteiger partial charge on any atom is -0.496 e. The number of aryl methyl sites for hydroxylation is 1. The maximum absolute atomic E-state index is 5.32. The second-order valence-corrected chi connectivity index (χ2v) is 5.37. The van der Waals surface area contributed by atoms with Crippen molar-refractivity contribution in [1.29, 1.82) is 0 Å². The molecule has 1 aromatic rings. The minimum absolute atomic E-state index is 0.682. The summed E-state index contributed by atoms with van der Waals surface area (Å²) in [6.07, 6.45) is 2.61. The molecule has 1 saturated heterocycles. The zero-order valence-corrected chi connectivity index (χ0v) is 12.4. The van der Waals surface area contributed by atoms with E-state index in [1.165, 1.54) is 30.5 Å². The third-order valence-corrected chi connectivity index (χ3v) is 4.04. The van der Waals surface area contributed by atoms with Crippen LogP contribution in [0.3, 0.4) is 0 Å². The van der Waals surface area contributed by atoms with Crippen LogP contribution >= 0.6 is 0 Å². The quantitative estimate of drug-likeness (QED) is 0.882. The first-order valence-electron chi connectivity index (χ1n) is 7.33. The van der Waals surface area contributed by atoms with Crippen molar-refractivity contribution < 1.29 is 4.74 Å². The summed E-state index contributed by atoms with van der Waals surface area (Å²) in [4.78, 5) is 2.58. The Hall–Kier alpha value is -1.06. The Kier molecular flexibility index (Phi) is 5.23. The smallest absolute Gasteiger partial charge is 0.121 e.